The first-order valence-electron chi connectivity index (χ1n) is 5.26. The summed E-state index contributed by atoms with van der Waals surface area (Å²) >= 11 is 0. The van der Waals surface area contributed by atoms with E-state index in [1.54, 1.807) is 12.1 Å². The first-order valence-corrected chi connectivity index (χ1v) is 5.26. The van der Waals surface area contributed by atoms with Gasteiger partial charge in [-0.15, -0.1) is 0 Å². The van der Waals surface area contributed by atoms with Gasteiger partial charge in [-0.2, -0.15) is 4.98 Å². The number of aromatic hydroxyl groups is 1. The van der Waals surface area contributed by atoms with Crippen LogP contribution in [-0.4, -0.2) is 27.7 Å². The average molecular weight is 248 g/mol. The Hall–Kier alpha value is -2.41. The molecular weight excluding hydrogens is 236 g/mol. The lowest BCUT2D eigenvalue weighted by Crippen LogP contribution is -2.28. The van der Waals surface area contributed by atoms with E-state index in [0.717, 1.165) is 5.56 Å². The van der Waals surface area contributed by atoms with Crippen molar-refractivity contribution >= 4 is 5.91 Å². The van der Waals surface area contributed by atoms with Crippen LogP contribution in [-0.2, 0) is 11.3 Å². The number of aromatic nitrogens is 2. The Bertz CT molecular complexity index is 535. The van der Waals surface area contributed by atoms with Crippen molar-refractivity contribution in [2.45, 2.75) is 6.54 Å². The third-order valence-electron chi connectivity index (χ3n) is 2.17. The molecule has 0 fully saturated rings. The molecule has 0 spiro atoms. The average Bonchev–Trinajstić information content (AvgIpc) is 2.78. The molecule has 2 rings (SSSR count). The molecule has 18 heavy (non-hydrogen) atoms. The van der Waals surface area contributed by atoms with E-state index < -0.39 is 5.91 Å². The third kappa shape index (κ3) is 3.05. The van der Waals surface area contributed by atoms with Gasteiger partial charge in [-0.25, -0.2) is 0 Å². The highest BCUT2D eigenvalue weighted by Crippen LogP contribution is 2.18. The van der Waals surface area contributed by atoms with Crippen molar-refractivity contribution in [3.05, 3.63) is 30.2 Å². The Morgan fingerprint density at radius 1 is 1.39 bits per heavy atom. The van der Waals surface area contributed by atoms with E-state index in [2.05, 4.69) is 15.5 Å². The van der Waals surface area contributed by atoms with E-state index in [9.17, 15) is 4.79 Å². The number of nitrogens with zero attached hydrogens (tertiary/aromatic N) is 2. The zero-order chi connectivity index (χ0) is 13.0. The molecule has 7 heteroatoms. The largest absolute Gasteiger partial charge is 0.508 e. The zero-order valence-corrected chi connectivity index (χ0v) is 9.46. The molecule has 1 aromatic heterocycles. The molecule has 0 aliphatic carbocycles. The lowest BCUT2D eigenvalue weighted by molar-refractivity contribution is -0.117. The molecule has 7 nitrogen and oxygen atoms in total. The molecule has 1 heterocycles. The number of carbonyl (C=O) groups excluding carboxylic acids is 1. The molecule has 2 aromatic rings. The van der Waals surface area contributed by atoms with Crippen LogP contribution in [0.5, 0.6) is 5.75 Å². The summed E-state index contributed by atoms with van der Waals surface area (Å²) in [6.07, 6.45) is 0. The van der Waals surface area contributed by atoms with Gasteiger partial charge in [0.1, 0.15) is 5.75 Å². The summed E-state index contributed by atoms with van der Waals surface area (Å²) in [5.74, 6) is 0.504. The Morgan fingerprint density at radius 2 is 2.11 bits per heavy atom. The Morgan fingerprint density at radius 3 is 2.78 bits per heavy atom. The minimum absolute atomic E-state index is 0.0525. The van der Waals surface area contributed by atoms with Gasteiger partial charge >= 0.3 is 0 Å². The van der Waals surface area contributed by atoms with Crippen LogP contribution >= 0.6 is 0 Å². The molecule has 4 N–H and O–H groups in total. The predicted octanol–water partition coefficient (Wildman–Crippen LogP) is 0.0171. The molecule has 0 atom stereocenters. The second kappa shape index (κ2) is 5.28. The summed E-state index contributed by atoms with van der Waals surface area (Å²) in [4.78, 5) is 14.7. The molecule has 94 valence electrons. The van der Waals surface area contributed by atoms with E-state index in [0.29, 0.717) is 11.7 Å². The highest BCUT2D eigenvalue weighted by atomic mass is 16.5. The molecule has 0 bridgehead atoms. The van der Waals surface area contributed by atoms with Crippen LogP contribution < -0.4 is 11.1 Å². The Labute approximate surface area is 103 Å². The number of phenols is 1. The molecule has 0 saturated carbocycles. The van der Waals surface area contributed by atoms with Gasteiger partial charge in [0.15, 0.2) is 0 Å². The van der Waals surface area contributed by atoms with Gasteiger partial charge in [-0.3, -0.25) is 10.1 Å². The fourth-order valence-electron chi connectivity index (χ4n) is 1.35. The Balaban J connectivity index is 2.01. The summed E-state index contributed by atoms with van der Waals surface area (Å²) < 4.78 is 4.99. The quantitative estimate of drug-likeness (QED) is 0.687. The monoisotopic (exact) mass is 248 g/mol. The van der Waals surface area contributed by atoms with Crippen LogP contribution in [0.1, 0.15) is 5.89 Å². The van der Waals surface area contributed by atoms with E-state index in [1.165, 1.54) is 12.1 Å². The van der Waals surface area contributed by atoms with Gasteiger partial charge in [-0.1, -0.05) is 5.16 Å². The van der Waals surface area contributed by atoms with Gasteiger partial charge in [0.05, 0.1) is 13.1 Å². The number of carbonyl (C=O) groups is 1. The van der Waals surface area contributed by atoms with Crippen molar-refractivity contribution in [1.29, 1.82) is 0 Å². The third-order valence-corrected chi connectivity index (χ3v) is 2.17. The summed E-state index contributed by atoms with van der Waals surface area (Å²) in [6, 6.07) is 6.44. The van der Waals surface area contributed by atoms with Crippen molar-refractivity contribution < 1.29 is 14.4 Å². The minimum atomic E-state index is -0.451. The van der Waals surface area contributed by atoms with Gasteiger partial charge in [0.2, 0.25) is 17.6 Å². The maximum absolute atomic E-state index is 10.5. The smallest absolute Gasteiger partial charge is 0.240 e. The number of primary amides is 1. The molecule has 0 aliphatic heterocycles. The van der Waals surface area contributed by atoms with Crippen LogP contribution in [0.3, 0.4) is 0 Å². The van der Waals surface area contributed by atoms with Crippen LogP contribution in [0.2, 0.25) is 0 Å². The van der Waals surface area contributed by atoms with Crippen LogP contribution in [0, 0.1) is 0 Å². The van der Waals surface area contributed by atoms with E-state index in [1.807, 2.05) is 0 Å². The van der Waals surface area contributed by atoms with Crippen molar-refractivity contribution in [2.24, 2.45) is 5.73 Å². The molecular formula is C11H12N4O3. The van der Waals surface area contributed by atoms with Crippen LogP contribution in [0.25, 0.3) is 11.4 Å². The van der Waals surface area contributed by atoms with E-state index in [-0.39, 0.29) is 18.8 Å². The zero-order valence-electron chi connectivity index (χ0n) is 9.46. The van der Waals surface area contributed by atoms with Crippen molar-refractivity contribution in [3.8, 4) is 17.1 Å². The van der Waals surface area contributed by atoms with Gasteiger partial charge in [-0.05, 0) is 24.3 Å². The standard InChI is InChI=1S/C11H12N4O3/c12-9(17)5-13-6-10-14-11(15-18-10)7-1-3-8(16)4-2-7/h1-4,13,16H,5-6H2,(H2,12,17). The fourth-order valence-corrected chi connectivity index (χ4v) is 1.35. The number of nitrogens with two attached hydrogens (primary N) is 1. The van der Waals surface area contributed by atoms with E-state index in [4.69, 9.17) is 15.4 Å². The molecule has 0 aliphatic rings. The highest BCUT2D eigenvalue weighted by molar-refractivity contribution is 5.75. The summed E-state index contributed by atoms with van der Waals surface area (Å²) in [5, 5.41) is 15.7. The first kappa shape index (κ1) is 12.1. The fraction of sp³-hybridized carbons (Fsp3) is 0.182. The highest BCUT2D eigenvalue weighted by Gasteiger charge is 2.08. The summed E-state index contributed by atoms with van der Waals surface area (Å²) in [5.41, 5.74) is 5.71. The lowest BCUT2D eigenvalue weighted by atomic mass is 10.2. The molecule has 0 saturated heterocycles. The maximum atomic E-state index is 10.5. The second-order valence-corrected chi connectivity index (χ2v) is 3.63. The normalized spacial score (nSPS) is 10.4. The number of benzene rings is 1. The van der Waals surface area contributed by atoms with Gasteiger partial charge in [0.25, 0.3) is 0 Å². The Kier molecular flexibility index (Phi) is 3.54. The second-order valence-electron chi connectivity index (χ2n) is 3.63. The summed E-state index contributed by atoms with van der Waals surface area (Å²) in [7, 11) is 0. The van der Waals surface area contributed by atoms with Crippen LogP contribution in [0.4, 0.5) is 0 Å². The van der Waals surface area contributed by atoms with Gasteiger partial charge < -0.3 is 15.4 Å². The number of amides is 1. The lowest BCUT2D eigenvalue weighted by Gasteiger charge is -1.95. The molecule has 1 aromatic carbocycles. The number of phenolic OH excluding ortho intramolecular Hbond substituents is 1. The van der Waals surface area contributed by atoms with E-state index >= 15 is 0 Å². The number of hydrogen-bond donors (Lipinski definition) is 3. The predicted molar refractivity (Wildman–Crippen MR) is 62.3 cm³/mol. The van der Waals surface area contributed by atoms with Crippen LogP contribution in [0.15, 0.2) is 28.8 Å². The van der Waals surface area contributed by atoms with Crippen molar-refractivity contribution in [2.75, 3.05) is 6.54 Å². The number of nitrogens with one attached hydrogen (secondary N) is 1. The number of rotatable bonds is 5. The van der Waals surface area contributed by atoms with Gasteiger partial charge in [0, 0.05) is 5.56 Å². The first-order chi connectivity index (χ1) is 8.65. The topological polar surface area (TPSA) is 114 Å². The molecule has 0 radical (unpaired) electrons. The minimum Gasteiger partial charge on any atom is -0.508 e. The SMILES string of the molecule is NC(=O)CNCc1nc(-c2ccc(O)cc2)no1. The molecule has 1 amide bonds. The summed E-state index contributed by atoms with van der Waals surface area (Å²) in [6.45, 7) is 0.324. The maximum Gasteiger partial charge on any atom is 0.240 e. The number of hydrogen-bond acceptors (Lipinski definition) is 6. The van der Waals surface area contributed by atoms with Crippen molar-refractivity contribution in [3.63, 3.8) is 0 Å². The molecule has 0 unspecified atom stereocenters. The van der Waals surface area contributed by atoms with Crippen molar-refractivity contribution in [1.82, 2.24) is 15.5 Å².